The van der Waals surface area contributed by atoms with Gasteiger partial charge in [0.1, 0.15) is 11.8 Å². The fourth-order valence-corrected chi connectivity index (χ4v) is 2.12. The van der Waals surface area contributed by atoms with Gasteiger partial charge in [0.2, 0.25) is 5.91 Å². The Balaban J connectivity index is 1.99. The number of para-hydroxylation sites is 1. The van der Waals surface area contributed by atoms with Gasteiger partial charge in [0.25, 0.3) is 0 Å². The van der Waals surface area contributed by atoms with Crippen LogP contribution in [0.15, 0.2) is 47.1 Å². The van der Waals surface area contributed by atoms with Gasteiger partial charge in [-0.25, -0.2) is 4.98 Å². The molecular formula is C15H13BrN4O. The number of hydrogen-bond donors (Lipinski definition) is 1. The van der Waals surface area contributed by atoms with Crippen molar-refractivity contribution in [1.82, 2.24) is 4.98 Å². The lowest BCUT2D eigenvalue weighted by molar-refractivity contribution is -0.114. The van der Waals surface area contributed by atoms with Gasteiger partial charge >= 0.3 is 0 Å². The average molecular weight is 345 g/mol. The molecule has 5 nitrogen and oxygen atoms in total. The molecule has 106 valence electrons. The van der Waals surface area contributed by atoms with E-state index in [0.29, 0.717) is 5.69 Å². The smallest absolute Gasteiger partial charge is 0.243 e. The minimum atomic E-state index is -0.131. The van der Waals surface area contributed by atoms with Crippen molar-refractivity contribution in [2.24, 2.45) is 0 Å². The number of benzene rings is 1. The number of halogens is 1. The molecule has 21 heavy (non-hydrogen) atoms. The first kappa shape index (κ1) is 15.0. The zero-order valence-electron chi connectivity index (χ0n) is 11.4. The number of carbonyl (C=O) groups excluding carboxylic acids is 1. The number of rotatable bonds is 4. The van der Waals surface area contributed by atoms with Crippen molar-refractivity contribution in [2.45, 2.75) is 0 Å². The third kappa shape index (κ3) is 4.04. The van der Waals surface area contributed by atoms with Gasteiger partial charge in [-0.1, -0.05) is 12.1 Å². The first-order valence-electron chi connectivity index (χ1n) is 6.22. The van der Waals surface area contributed by atoms with Crippen LogP contribution in [0, 0.1) is 11.3 Å². The predicted molar refractivity (Wildman–Crippen MR) is 85.0 cm³/mol. The molecule has 0 unspecified atom stereocenters. The SMILES string of the molecule is CN(CC(=O)Nc1ccccc1Br)c1ccc(C#N)nc1. The molecular weight excluding hydrogens is 332 g/mol. The normalized spacial score (nSPS) is 9.76. The van der Waals surface area contributed by atoms with Crippen molar-refractivity contribution in [3.05, 3.63) is 52.8 Å². The summed E-state index contributed by atoms with van der Waals surface area (Å²) in [4.78, 5) is 17.8. The molecule has 1 amide bonds. The van der Waals surface area contributed by atoms with Gasteiger partial charge in [-0.05, 0) is 40.2 Å². The Morgan fingerprint density at radius 3 is 2.76 bits per heavy atom. The Labute approximate surface area is 131 Å². The van der Waals surface area contributed by atoms with E-state index >= 15 is 0 Å². The number of likely N-dealkylation sites (N-methyl/N-ethyl adjacent to an activating group) is 1. The van der Waals surface area contributed by atoms with Crippen LogP contribution in [0.2, 0.25) is 0 Å². The first-order valence-corrected chi connectivity index (χ1v) is 7.01. The van der Waals surface area contributed by atoms with E-state index < -0.39 is 0 Å². The first-order chi connectivity index (χ1) is 10.1. The second-order valence-corrected chi connectivity index (χ2v) is 5.25. The zero-order chi connectivity index (χ0) is 15.2. The van der Waals surface area contributed by atoms with Crippen LogP contribution in [0.1, 0.15) is 5.69 Å². The van der Waals surface area contributed by atoms with E-state index in [-0.39, 0.29) is 12.5 Å². The highest BCUT2D eigenvalue weighted by molar-refractivity contribution is 9.10. The lowest BCUT2D eigenvalue weighted by Gasteiger charge is -2.18. The fraction of sp³-hybridized carbons (Fsp3) is 0.133. The van der Waals surface area contributed by atoms with Crippen molar-refractivity contribution in [3.8, 4) is 6.07 Å². The van der Waals surface area contributed by atoms with Gasteiger partial charge in [0.05, 0.1) is 24.1 Å². The third-order valence-corrected chi connectivity index (χ3v) is 3.52. The lowest BCUT2D eigenvalue weighted by atomic mass is 10.3. The Bertz CT molecular complexity index is 679. The number of amides is 1. The van der Waals surface area contributed by atoms with E-state index in [0.717, 1.165) is 15.8 Å². The maximum Gasteiger partial charge on any atom is 0.243 e. The van der Waals surface area contributed by atoms with Crippen LogP contribution in [0.5, 0.6) is 0 Å². The quantitative estimate of drug-likeness (QED) is 0.925. The molecule has 0 aliphatic heterocycles. The Morgan fingerprint density at radius 1 is 1.38 bits per heavy atom. The van der Waals surface area contributed by atoms with Gasteiger partial charge < -0.3 is 10.2 Å². The van der Waals surface area contributed by atoms with Crippen molar-refractivity contribution < 1.29 is 4.79 Å². The Morgan fingerprint density at radius 2 is 2.14 bits per heavy atom. The van der Waals surface area contributed by atoms with E-state index in [9.17, 15) is 4.79 Å². The molecule has 0 bridgehead atoms. The molecule has 2 rings (SSSR count). The number of nitrogens with zero attached hydrogens (tertiary/aromatic N) is 3. The van der Waals surface area contributed by atoms with E-state index in [1.54, 1.807) is 30.3 Å². The number of hydrogen-bond acceptors (Lipinski definition) is 4. The summed E-state index contributed by atoms with van der Waals surface area (Å²) in [5.74, 6) is -0.131. The highest BCUT2D eigenvalue weighted by Crippen LogP contribution is 2.21. The summed E-state index contributed by atoms with van der Waals surface area (Å²) in [5.41, 5.74) is 1.86. The van der Waals surface area contributed by atoms with Crippen molar-refractivity contribution in [2.75, 3.05) is 23.8 Å². The van der Waals surface area contributed by atoms with Crippen LogP contribution in [0.3, 0.4) is 0 Å². The Hall–Kier alpha value is -2.39. The summed E-state index contributed by atoms with van der Waals surface area (Å²) in [6, 6.07) is 12.8. The predicted octanol–water partition coefficient (Wildman–Crippen LogP) is 2.79. The maximum atomic E-state index is 12.0. The van der Waals surface area contributed by atoms with Crippen LogP contribution in [-0.2, 0) is 4.79 Å². The Kier molecular flexibility index (Phi) is 4.90. The maximum absolute atomic E-state index is 12.0. The van der Waals surface area contributed by atoms with Crippen LogP contribution >= 0.6 is 15.9 Å². The van der Waals surface area contributed by atoms with Gasteiger partial charge in [-0.3, -0.25) is 4.79 Å². The second-order valence-electron chi connectivity index (χ2n) is 4.40. The second kappa shape index (κ2) is 6.86. The standard InChI is InChI=1S/C15H13BrN4O/c1-20(12-7-6-11(8-17)18-9-12)10-15(21)19-14-5-3-2-4-13(14)16/h2-7,9H,10H2,1H3,(H,19,21). The van der Waals surface area contributed by atoms with Crippen molar-refractivity contribution in [1.29, 1.82) is 5.26 Å². The minimum Gasteiger partial charge on any atom is -0.364 e. The molecule has 6 heteroatoms. The van der Waals surface area contributed by atoms with E-state index in [4.69, 9.17) is 5.26 Å². The van der Waals surface area contributed by atoms with Gasteiger partial charge in [-0.2, -0.15) is 5.26 Å². The van der Waals surface area contributed by atoms with Gasteiger partial charge in [-0.15, -0.1) is 0 Å². The topological polar surface area (TPSA) is 69.0 Å². The molecule has 0 saturated carbocycles. The van der Waals surface area contributed by atoms with Gasteiger partial charge in [0, 0.05) is 11.5 Å². The summed E-state index contributed by atoms with van der Waals surface area (Å²) >= 11 is 3.38. The highest BCUT2D eigenvalue weighted by atomic mass is 79.9. The molecule has 1 N–H and O–H groups in total. The minimum absolute atomic E-state index is 0.131. The summed E-state index contributed by atoms with van der Waals surface area (Å²) in [6.45, 7) is 0.189. The van der Waals surface area contributed by atoms with E-state index in [2.05, 4.69) is 26.2 Å². The van der Waals surface area contributed by atoms with E-state index in [1.165, 1.54) is 0 Å². The average Bonchev–Trinajstić information content (AvgIpc) is 2.49. The number of aromatic nitrogens is 1. The van der Waals surface area contributed by atoms with Gasteiger partial charge in [0.15, 0.2) is 0 Å². The zero-order valence-corrected chi connectivity index (χ0v) is 13.0. The molecule has 1 heterocycles. The number of nitriles is 1. The molecule has 1 aromatic carbocycles. The largest absolute Gasteiger partial charge is 0.364 e. The molecule has 0 aliphatic rings. The van der Waals surface area contributed by atoms with Crippen molar-refractivity contribution in [3.63, 3.8) is 0 Å². The summed E-state index contributed by atoms with van der Waals surface area (Å²) < 4.78 is 0.834. The number of anilines is 2. The highest BCUT2D eigenvalue weighted by Gasteiger charge is 2.09. The molecule has 0 radical (unpaired) electrons. The van der Waals surface area contributed by atoms with Crippen molar-refractivity contribution >= 4 is 33.2 Å². The number of pyridine rings is 1. The number of carbonyl (C=O) groups is 1. The van der Waals surface area contributed by atoms with Crippen LogP contribution in [0.25, 0.3) is 0 Å². The molecule has 2 aromatic rings. The number of nitrogens with one attached hydrogen (secondary N) is 1. The summed E-state index contributed by atoms with van der Waals surface area (Å²) in [5, 5.41) is 11.5. The third-order valence-electron chi connectivity index (χ3n) is 2.83. The monoisotopic (exact) mass is 344 g/mol. The summed E-state index contributed by atoms with van der Waals surface area (Å²) in [7, 11) is 1.79. The molecule has 0 atom stereocenters. The van der Waals surface area contributed by atoms with Crippen LogP contribution in [-0.4, -0.2) is 24.5 Å². The molecule has 1 aromatic heterocycles. The molecule has 0 aliphatic carbocycles. The van der Waals surface area contributed by atoms with E-state index in [1.807, 2.05) is 30.3 Å². The molecule has 0 saturated heterocycles. The molecule has 0 fully saturated rings. The fourth-order valence-electron chi connectivity index (χ4n) is 1.74. The lowest BCUT2D eigenvalue weighted by Crippen LogP contribution is -2.30. The summed E-state index contributed by atoms with van der Waals surface area (Å²) in [6.07, 6.45) is 1.57. The van der Waals surface area contributed by atoms with Crippen LogP contribution < -0.4 is 10.2 Å². The molecule has 0 spiro atoms. The van der Waals surface area contributed by atoms with Crippen LogP contribution in [0.4, 0.5) is 11.4 Å².